The number of hydrogen-bond donors (Lipinski definition) is 1. The van der Waals surface area contributed by atoms with Gasteiger partial charge in [0.1, 0.15) is 18.2 Å². The van der Waals surface area contributed by atoms with Crippen molar-refractivity contribution in [2.75, 3.05) is 31.1 Å². The molecule has 7 rings (SSSR count). The minimum absolute atomic E-state index is 0.00534. The highest BCUT2D eigenvalue weighted by molar-refractivity contribution is 8.02. The molecule has 0 radical (unpaired) electrons. The van der Waals surface area contributed by atoms with Crippen LogP contribution >= 0.6 is 11.8 Å². The number of fused-ring (bicyclic) bond motifs is 3. The van der Waals surface area contributed by atoms with Crippen LogP contribution in [-0.2, 0) is 21.1 Å². The maximum Gasteiger partial charge on any atom is 0.248 e. The Morgan fingerprint density at radius 3 is 2.49 bits per heavy atom. The first-order valence-corrected chi connectivity index (χ1v) is 15.6. The first kappa shape index (κ1) is 27.8. The number of aliphatic hydroxyl groups is 1. The number of rotatable bonds is 7. The summed E-state index contributed by atoms with van der Waals surface area (Å²) in [4.78, 5) is 48.8. The predicted molar refractivity (Wildman–Crippen MR) is 164 cm³/mol. The Labute approximate surface area is 254 Å². The highest BCUT2D eigenvalue weighted by Gasteiger charge is 2.73. The molecule has 3 amide bonds. The van der Waals surface area contributed by atoms with Crippen LogP contribution < -0.4 is 4.90 Å². The van der Waals surface area contributed by atoms with Gasteiger partial charge in [0.25, 0.3) is 0 Å². The molecule has 11 heteroatoms. The van der Waals surface area contributed by atoms with Gasteiger partial charge < -0.3 is 19.8 Å². The van der Waals surface area contributed by atoms with Crippen molar-refractivity contribution in [3.8, 4) is 0 Å². The summed E-state index contributed by atoms with van der Waals surface area (Å²) in [6, 6.07) is 16.4. The fourth-order valence-corrected chi connectivity index (χ4v) is 9.51. The number of likely N-dealkylation sites (tertiary alicyclic amines) is 1. The molecule has 4 aliphatic rings. The van der Waals surface area contributed by atoms with Crippen LogP contribution in [0.1, 0.15) is 19.8 Å². The Hall–Kier alpha value is -3.96. The van der Waals surface area contributed by atoms with E-state index >= 15 is 0 Å². The minimum Gasteiger partial charge on any atom is -0.396 e. The lowest BCUT2D eigenvalue weighted by molar-refractivity contribution is -0.143. The highest BCUT2D eigenvalue weighted by Crippen LogP contribution is 2.65. The van der Waals surface area contributed by atoms with Crippen molar-refractivity contribution in [3.63, 3.8) is 0 Å². The Morgan fingerprint density at radius 2 is 1.67 bits per heavy atom. The highest BCUT2D eigenvalue weighted by atomic mass is 32.2. The van der Waals surface area contributed by atoms with Gasteiger partial charge in [-0.05, 0) is 44.0 Å². The molecule has 2 saturated heterocycles. The number of thioether (sulfide) groups is 1. The molecule has 5 heterocycles. The maximum atomic E-state index is 14.6. The van der Waals surface area contributed by atoms with Crippen molar-refractivity contribution in [3.05, 3.63) is 78.9 Å². The molecule has 5 atom stereocenters. The number of aromatic nitrogens is 3. The minimum atomic E-state index is -0.925. The quantitative estimate of drug-likeness (QED) is 0.329. The summed E-state index contributed by atoms with van der Waals surface area (Å²) in [7, 11) is 0. The second-order valence-electron chi connectivity index (χ2n) is 11.8. The van der Waals surface area contributed by atoms with Gasteiger partial charge in [0.15, 0.2) is 0 Å². The number of para-hydroxylation sites is 2. The molecule has 2 fully saturated rings. The summed E-state index contributed by atoms with van der Waals surface area (Å²) in [6.45, 7) is 3.32. The van der Waals surface area contributed by atoms with Gasteiger partial charge in [-0.25, -0.2) is 4.68 Å². The van der Waals surface area contributed by atoms with Crippen LogP contribution in [-0.4, -0.2) is 89.4 Å². The number of carbonyl (C=O) groups excluding carboxylic acids is 3. The summed E-state index contributed by atoms with van der Waals surface area (Å²) in [5.74, 6) is -1.82. The molecule has 0 bridgehead atoms. The molecule has 3 aromatic rings. The van der Waals surface area contributed by atoms with Crippen molar-refractivity contribution in [2.24, 2.45) is 11.8 Å². The smallest absolute Gasteiger partial charge is 0.248 e. The average Bonchev–Trinajstić information content (AvgIpc) is 3.54. The lowest BCUT2D eigenvalue weighted by Gasteiger charge is -2.36. The van der Waals surface area contributed by atoms with E-state index in [1.54, 1.807) is 31.1 Å². The van der Waals surface area contributed by atoms with Crippen LogP contribution in [0.25, 0.3) is 11.0 Å². The first-order chi connectivity index (χ1) is 20.9. The summed E-state index contributed by atoms with van der Waals surface area (Å²) in [5.41, 5.74) is 2.35. The maximum absolute atomic E-state index is 14.6. The van der Waals surface area contributed by atoms with Crippen LogP contribution in [0.5, 0.6) is 0 Å². The van der Waals surface area contributed by atoms with Crippen LogP contribution in [0.3, 0.4) is 0 Å². The number of aliphatic hydroxyl groups excluding tert-OH is 1. The SMILES string of the molecule is C[C@@]12C=CCN(c3ccccc3)C(=O)[C@@H]1[C@H]1C(=O)N(CCCCO)C3C(=O)N(Cn4nnc5ccccc54)CC=C[C@@]31S2. The zero-order valence-corrected chi connectivity index (χ0v) is 24.8. The molecule has 222 valence electrons. The van der Waals surface area contributed by atoms with Gasteiger partial charge in [0.2, 0.25) is 17.7 Å². The second-order valence-corrected chi connectivity index (χ2v) is 13.6. The molecular formula is C32H34N6O4S. The van der Waals surface area contributed by atoms with Gasteiger partial charge in [0.05, 0.1) is 22.1 Å². The molecule has 2 aromatic carbocycles. The lowest BCUT2D eigenvalue weighted by atomic mass is 9.74. The molecule has 1 spiro atoms. The number of amides is 3. The van der Waals surface area contributed by atoms with Crippen LogP contribution in [0, 0.1) is 11.8 Å². The van der Waals surface area contributed by atoms with E-state index in [2.05, 4.69) is 16.4 Å². The van der Waals surface area contributed by atoms with E-state index in [1.807, 2.05) is 79.7 Å². The molecule has 10 nitrogen and oxygen atoms in total. The third kappa shape index (κ3) is 4.31. The largest absolute Gasteiger partial charge is 0.396 e. The van der Waals surface area contributed by atoms with Gasteiger partial charge in [-0.2, -0.15) is 0 Å². The van der Waals surface area contributed by atoms with Crippen molar-refractivity contribution < 1.29 is 19.5 Å². The van der Waals surface area contributed by atoms with E-state index < -0.39 is 27.4 Å². The molecular weight excluding hydrogens is 564 g/mol. The molecule has 1 unspecified atom stereocenters. The number of nitrogens with zero attached hydrogens (tertiary/aromatic N) is 6. The van der Waals surface area contributed by atoms with Crippen molar-refractivity contribution in [2.45, 2.75) is 42.0 Å². The van der Waals surface area contributed by atoms with Gasteiger partial charge in [-0.3, -0.25) is 14.4 Å². The van der Waals surface area contributed by atoms with E-state index in [1.165, 1.54) is 0 Å². The molecule has 1 aromatic heterocycles. The average molecular weight is 599 g/mol. The third-order valence-corrected chi connectivity index (χ3v) is 11.0. The number of hydrogen-bond acceptors (Lipinski definition) is 7. The van der Waals surface area contributed by atoms with Crippen molar-refractivity contribution >= 4 is 46.2 Å². The third-order valence-electron chi connectivity index (χ3n) is 9.24. The van der Waals surface area contributed by atoms with Gasteiger partial charge in [-0.1, -0.05) is 59.8 Å². The standard InChI is InChI=1S/C32H34N6O4S/c1-31-15-9-19-36(22-11-3-2-4-12-22)28(40)25(31)26-29(41)37(18-7-8-20-39)27-30(42)35(17-10-16-32(26,27)43-31)21-38-24-14-6-5-13-23(24)33-34-38/h2-6,9-16,25-27,39H,7-8,17-21H2,1H3/t25-,26-,27?,31+,32-/m0/s1. The summed E-state index contributed by atoms with van der Waals surface area (Å²) < 4.78 is 0.102. The Morgan fingerprint density at radius 1 is 0.907 bits per heavy atom. The normalized spacial score (nSPS) is 30.0. The van der Waals surface area contributed by atoms with E-state index in [0.717, 1.165) is 16.7 Å². The number of carbonyl (C=O) groups is 3. The fraction of sp³-hybridized carbons (Fsp3) is 0.406. The summed E-state index contributed by atoms with van der Waals surface area (Å²) in [5, 5.41) is 18.0. The van der Waals surface area contributed by atoms with Gasteiger partial charge in [-0.15, -0.1) is 16.9 Å². The van der Waals surface area contributed by atoms with E-state index in [4.69, 9.17) is 0 Å². The van der Waals surface area contributed by atoms with Gasteiger partial charge >= 0.3 is 0 Å². The van der Waals surface area contributed by atoms with E-state index in [0.29, 0.717) is 32.5 Å². The van der Waals surface area contributed by atoms with Gasteiger partial charge in [0, 0.05) is 36.7 Å². The molecule has 0 saturated carbocycles. The van der Waals surface area contributed by atoms with E-state index in [9.17, 15) is 19.5 Å². The zero-order chi connectivity index (χ0) is 29.8. The Balaban J connectivity index is 1.29. The molecule has 1 N–H and O–H groups in total. The zero-order valence-electron chi connectivity index (χ0n) is 24.0. The number of benzene rings is 2. The predicted octanol–water partition coefficient (Wildman–Crippen LogP) is 2.85. The second kappa shape index (κ2) is 10.6. The first-order valence-electron chi connectivity index (χ1n) is 14.8. The van der Waals surface area contributed by atoms with Crippen LogP contribution in [0.15, 0.2) is 78.9 Å². The molecule has 0 aliphatic carbocycles. The number of anilines is 1. The van der Waals surface area contributed by atoms with Crippen LogP contribution in [0.4, 0.5) is 5.69 Å². The monoisotopic (exact) mass is 598 g/mol. The Kier molecular flexibility index (Phi) is 6.89. The fourth-order valence-electron chi connectivity index (χ4n) is 7.35. The summed E-state index contributed by atoms with van der Waals surface area (Å²) in [6.07, 6.45) is 9.16. The van der Waals surface area contributed by atoms with Crippen molar-refractivity contribution in [1.29, 1.82) is 0 Å². The molecule has 4 aliphatic heterocycles. The summed E-state index contributed by atoms with van der Waals surface area (Å²) >= 11 is 1.57. The van der Waals surface area contributed by atoms with Crippen molar-refractivity contribution in [1.82, 2.24) is 24.8 Å². The van der Waals surface area contributed by atoms with Crippen LogP contribution in [0.2, 0.25) is 0 Å². The Bertz CT molecular complexity index is 1640. The van der Waals surface area contributed by atoms with E-state index in [-0.39, 0.29) is 31.0 Å². The topological polar surface area (TPSA) is 112 Å². The lowest BCUT2D eigenvalue weighted by Crippen LogP contribution is -2.53. The molecule has 43 heavy (non-hydrogen) atoms. The number of unbranched alkanes of at least 4 members (excludes halogenated alkanes) is 1.